The summed E-state index contributed by atoms with van der Waals surface area (Å²) in [7, 11) is 1.67. The number of anilines is 1. The summed E-state index contributed by atoms with van der Waals surface area (Å²) in [5.74, 6) is 0.843. The Morgan fingerprint density at radius 2 is 1.84 bits per heavy atom. The molecule has 0 unspecified atom stereocenters. The molecule has 1 aliphatic heterocycles. The minimum Gasteiger partial charge on any atom is -0.497 e. The number of likely N-dealkylation sites (N-methyl/N-ethyl adjacent to an activating group) is 1. The topological polar surface area (TPSA) is 24.8 Å². The highest BCUT2D eigenvalue weighted by atomic mass is 16.5. The van der Waals surface area contributed by atoms with E-state index >= 15 is 0 Å². The minimum absolute atomic E-state index is 0.0462. The number of nitrogens with zero attached hydrogens (tertiary/aromatic N) is 2. The van der Waals surface area contributed by atoms with Crippen LogP contribution < -0.4 is 9.64 Å². The zero-order chi connectivity index (χ0) is 18.0. The molecule has 1 aliphatic rings. The van der Waals surface area contributed by atoms with E-state index in [9.17, 15) is 0 Å². The van der Waals surface area contributed by atoms with Crippen molar-refractivity contribution in [3.8, 4) is 5.75 Å². The normalized spacial score (nSPS) is 15.9. The number of fused-ring (bicyclic) bond motifs is 1. The van der Waals surface area contributed by atoms with E-state index in [2.05, 4.69) is 61.9 Å². The molecule has 0 fully saturated rings. The number of rotatable bonds is 4. The first kappa shape index (κ1) is 17.3. The summed E-state index contributed by atoms with van der Waals surface area (Å²) in [5.41, 5.74) is 5.99. The fraction of sp³-hybridized carbons (Fsp3) is 0.318. The molecule has 1 heterocycles. The third kappa shape index (κ3) is 3.46. The number of hydrogen-bond donors (Lipinski definition) is 0. The van der Waals surface area contributed by atoms with Crippen molar-refractivity contribution in [3.05, 3.63) is 59.7 Å². The van der Waals surface area contributed by atoms with Crippen LogP contribution in [0, 0.1) is 0 Å². The van der Waals surface area contributed by atoms with Gasteiger partial charge in [0.1, 0.15) is 5.75 Å². The van der Waals surface area contributed by atoms with Gasteiger partial charge in [0.05, 0.1) is 18.3 Å². The second-order valence-corrected chi connectivity index (χ2v) is 6.96. The van der Waals surface area contributed by atoms with Gasteiger partial charge in [-0.3, -0.25) is 4.99 Å². The molecule has 0 saturated carbocycles. The SMILES string of the molecule is CCN1c2ccc(C=Nc3ccc(OC)cc3)cc2C(C)=CC1(C)C. The summed E-state index contributed by atoms with van der Waals surface area (Å²) in [6.07, 6.45) is 4.27. The molecule has 0 spiro atoms. The quantitative estimate of drug-likeness (QED) is 0.693. The van der Waals surface area contributed by atoms with E-state index in [0.717, 1.165) is 23.5 Å². The van der Waals surface area contributed by atoms with Gasteiger partial charge in [-0.05, 0) is 75.2 Å². The van der Waals surface area contributed by atoms with Crippen LogP contribution in [0.2, 0.25) is 0 Å². The summed E-state index contributed by atoms with van der Waals surface area (Å²) < 4.78 is 5.18. The van der Waals surface area contributed by atoms with Gasteiger partial charge in [0.15, 0.2) is 0 Å². The number of hydrogen-bond acceptors (Lipinski definition) is 3. The highest BCUT2D eigenvalue weighted by Gasteiger charge is 2.29. The smallest absolute Gasteiger partial charge is 0.119 e. The van der Waals surface area contributed by atoms with E-state index < -0.39 is 0 Å². The molecule has 0 atom stereocenters. The number of methoxy groups -OCH3 is 1. The van der Waals surface area contributed by atoms with Crippen molar-refractivity contribution in [1.29, 1.82) is 0 Å². The zero-order valence-electron chi connectivity index (χ0n) is 15.7. The highest BCUT2D eigenvalue weighted by Crippen LogP contribution is 2.38. The van der Waals surface area contributed by atoms with Crippen molar-refractivity contribution in [2.24, 2.45) is 4.99 Å². The first-order valence-electron chi connectivity index (χ1n) is 8.74. The molecule has 2 aromatic rings. The van der Waals surface area contributed by atoms with Crippen molar-refractivity contribution in [3.63, 3.8) is 0 Å². The Morgan fingerprint density at radius 3 is 2.48 bits per heavy atom. The summed E-state index contributed by atoms with van der Waals surface area (Å²) in [5, 5.41) is 0. The lowest BCUT2D eigenvalue weighted by atomic mass is 9.88. The van der Waals surface area contributed by atoms with Gasteiger partial charge < -0.3 is 9.64 Å². The van der Waals surface area contributed by atoms with Crippen LogP contribution in [0.1, 0.15) is 38.8 Å². The van der Waals surface area contributed by atoms with Crippen LogP contribution in [-0.2, 0) is 0 Å². The van der Waals surface area contributed by atoms with Gasteiger partial charge >= 0.3 is 0 Å². The lowest BCUT2D eigenvalue weighted by molar-refractivity contribution is 0.415. The van der Waals surface area contributed by atoms with Gasteiger partial charge in [-0.25, -0.2) is 0 Å². The van der Waals surface area contributed by atoms with E-state index in [-0.39, 0.29) is 5.54 Å². The van der Waals surface area contributed by atoms with E-state index in [4.69, 9.17) is 4.74 Å². The standard InChI is InChI=1S/C22H26N2O/c1-6-24-21-12-7-17(13-20(21)16(2)14-22(24,3)4)15-23-18-8-10-19(25-5)11-9-18/h7-15H,6H2,1-5H3. The Morgan fingerprint density at radius 1 is 1.12 bits per heavy atom. The first-order valence-corrected chi connectivity index (χ1v) is 8.74. The molecule has 0 N–H and O–H groups in total. The van der Waals surface area contributed by atoms with Gasteiger partial charge in [-0.2, -0.15) is 0 Å². The summed E-state index contributed by atoms with van der Waals surface area (Å²) in [4.78, 5) is 7.02. The van der Waals surface area contributed by atoms with E-state index in [0.29, 0.717) is 0 Å². The average Bonchev–Trinajstić information content (AvgIpc) is 2.60. The molecule has 3 heteroatoms. The van der Waals surface area contributed by atoms with Gasteiger partial charge in [-0.1, -0.05) is 12.1 Å². The first-order chi connectivity index (χ1) is 11.9. The van der Waals surface area contributed by atoms with Crippen LogP contribution >= 0.6 is 0 Å². The molecule has 3 nitrogen and oxygen atoms in total. The number of ether oxygens (including phenoxy) is 1. The van der Waals surface area contributed by atoms with Crippen LogP contribution in [0.5, 0.6) is 5.75 Å². The van der Waals surface area contributed by atoms with E-state index in [1.165, 1.54) is 16.8 Å². The van der Waals surface area contributed by atoms with Crippen LogP contribution in [0.25, 0.3) is 5.57 Å². The zero-order valence-corrected chi connectivity index (χ0v) is 15.7. The van der Waals surface area contributed by atoms with Crippen molar-refractivity contribution < 1.29 is 4.74 Å². The molecule has 130 valence electrons. The molecule has 0 bridgehead atoms. The Labute approximate surface area is 150 Å². The van der Waals surface area contributed by atoms with Crippen molar-refractivity contribution in [2.75, 3.05) is 18.6 Å². The highest BCUT2D eigenvalue weighted by molar-refractivity contribution is 5.88. The summed E-state index contributed by atoms with van der Waals surface area (Å²) in [6, 6.07) is 14.4. The molecule has 3 rings (SSSR count). The molecule has 0 aliphatic carbocycles. The lowest BCUT2D eigenvalue weighted by Crippen LogP contribution is -2.44. The summed E-state index contributed by atoms with van der Waals surface area (Å²) in [6.45, 7) is 9.92. The average molecular weight is 334 g/mol. The third-order valence-electron chi connectivity index (χ3n) is 4.75. The Kier molecular flexibility index (Phi) is 4.67. The van der Waals surface area contributed by atoms with Crippen molar-refractivity contribution >= 4 is 23.2 Å². The van der Waals surface area contributed by atoms with Gasteiger partial charge in [0.2, 0.25) is 0 Å². The fourth-order valence-corrected chi connectivity index (χ4v) is 3.58. The molecule has 25 heavy (non-hydrogen) atoms. The van der Waals surface area contributed by atoms with Crippen molar-refractivity contribution in [1.82, 2.24) is 0 Å². The van der Waals surface area contributed by atoms with Crippen LogP contribution in [-0.4, -0.2) is 25.4 Å². The minimum atomic E-state index is 0.0462. The molecule has 0 aromatic heterocycles. The van der Waals surface area contributed by atoms with Crippen LogP contribution in [0.3, 0.4) is 0 Å². The van der Waals surface area contributed by atoms with Crippen molar-refractivity contribution in [2.45, 2.75) is 33.2 Å². The number of allylic oxidation sites excluding steroid dienone is 1. The maximum Gasteiger partial charge on any atom is 0.119 e. The second-order valence-electron chi connectivity index (χ2n) is 6.96. The molecule has 0 amide bonds. The molecule has 2 aromatic carbocycles. The van der Waals surface area contributed by atoms with Gasteiger partial charge in [0.25, 0.3) is 0 Å². The Bertz CT molecular complexity index is 816. The Balaban J connectivity index is 1.90. The largest absolute Gasteiger partial charge is 0.497 e. The second kappa shape index (κ2) is 6.75. The predicted molar refractivity (Wildman–Crippen MR) is 107 cm³/mol. The van der Waals surface area contributed by atoms with E-state index in [1.807, 2.05) is 30.5 Å². The van der Waals surface area contributed by atoms with Crippen LogP contribution in [0.4, 0.5) is 11.4 Å². The third-order valence-corrected chi connectivity index (χ3v) is 4.75. The molecular weight excluding hydrogens is 308 g/mol. The lowest BCUT2D eigenvalue weighted by Gasteiger charge is -2.42. The maximum atomic E-state index is 5.18. The molecule has 0 saturated heterocycles. The maximum absolute atomic E-state index is 5.18. The predicted octanol–water partition coefficient (Wildman–Crippen LogP) is 5.47. The summed E-state index contributed by atoms with van der Waals surface area (Å²) >= 11 is 0. The fourth-order valence-electron chi connectivity index (χ4n) is 3.58. The molecular formula is C22H26N2O. The van der Waals surface area contributed by atoms with Gasteiger partial charge in [-0.15, -0.1) is 0 Å². The Hall–Kier alpha value is -2.55. The number of aliphatic imine (C=N–C) groups is 1. The monoisotopic (exact) mass is 334 g/mol. The number of benzene rings is 2. The van der Waals surface area contributed by atoms with Crippen LogP contribution in [0.15, 0.2) is 53.5 Å². The van der Waals surface area contributed by atoms with Gasteiger partial charge in [0, 0.05) is 24.0 Å². The van der Waals surface area contributed by atoms with E-state index in [1.54, 1.807) is 7.11 Å². The molecule has 0 radical (unpaired) electrons.